The molecule has 0 fully saturated rings. The first kappa shape index (κ1) is 16.0. The van der Waals surface area contributed by atoms with E-state index in [-0.39, 0.29) is 12.2 Å². The Bertz CT molecular complexity index is 580. The molecule has 1 aromatic carbocycles. The number of alkyl carbamates (subject to hydrolysis) is 1. The molecule has 1 amide bonds. The highest BCUT2D eigenvalue weighted by molar-refractivity contribution is 9.10. The topological polar surface area (TPSA) is 75.6 Å². The molecule has 2 N–H and O–H groups in total. The molecule has 6 heteroatoms. The molecule has 1 aromatic rings. The molecule has 0 saturated heterocycles. The molecule has 5 nitrogen and oxygen atoms in total. The smallest absolute Gasteiger partial charge is 0.408 e. The van der Waals surface area contributed by atoms with Gasteiger partial charge in [0, 0.05) is 10.9 Å². The molecule has 0 heterocycles. The van der Waals surface area contributed by atoms with Crippen molar-refractivity contribution >= 4 is 27.8 Å². The van der Waals surface area contributed by atoms with Gasteiger partial charge in [0.25, 0.3) is 0 Å². The van der Waals surface area contributed by atoms with E-state index in [2.05, 4.69) is 21.2 Å². The largest absolute Gasteiger partial charge is 0.444 e. The molecule has 0 aliphatic heterocycles. The van der Waals surface area contributed by atoms with Gasteiger partial charge in [0.05, 0.1) is 6.10 Å². The molecule has 1 aliphatic carbocycles. The molecule has 0 radical (unpaired) electrons. The van der Waals surface area contributed by atoms with Crippen LogP contribution in [0.1, 0.15) is 50.5 Å². The van der Waals surface area contributed by atoms with Crippen molar-refractivity contribution in [3.05, 3.63) is 33.8 Å². The van der Waals surface area contributed by atoms with E-state index in [9.17, 15) is 14.7 Å². The summed E-state index contributed by atoms with van der Waals surface area (Å²) in [7, 11) is 0. The van der Waals surface area contributed by atoms with Crippen LogP contribution in [-0.4, -0.2) is 22.6 Å². The summed E-state index contributed by atoms with van der Waals surface area (Å²) in [5.74, 6) is -0.233. The molecule has 0 aromatic heterocycles. The van der Waals surface area contributed by atoms with E-state index < -0.39 is 23.8 Å². The lowest BCUT2D eigenvalue weighted by atomic mass is 9.85. The van der Waals surface area contributed by atoms with Crippen molar-refractivity contribution in [2.24, 2.45) is 0 Å². The van der Waals surface area contributed by atoms with Crippen LogP contribution >= 0.6 is 15.9 Å². The van der Waals surface area contributed by atoms with Crippen molar-refractivity contribution < 1.29 is 19.4 Å². The van der Waals surface area contributed by atoms with Gasteiger partial charge in [0.15, 0.2) is 5.78 Å². The number of amides is 1. The van der Waals surface area contributed by atoms with Crippen LogP contribution < -0.4 is 5.32 Å². The van der Waals surface area contributed by atoms with Gasteiger partial charge in [-0.25, -0.2) is 4.79 Å². The third-order valence-corrected chi connectivity index (χ3v) is 3.59. The Labute approximate surface area is 131 Å². The highest BCUT2D eigenvalue weighted by Crippen LogP contribution is 2.35. The zero-order valence-corrected chi connectivity index (χ0v) is 13.7. The van der Waals surface area contributed by atoms with Gasteiger partial charge >= 0.3 is 6.09 Å². The summed E-state index contributed by atoms with van der Waals surface area (Å²) in [5.41, 5.74) is 0.613. The summed E-state index contributed by atoms with van der Waals surface area (Å²) < 4.78 is 5.99. The van der Waals surface area contributed by atoms with Gasteiger partial charge in [-0.3, -0.25) is 4.79 Å². The SMILES string of the molecule is CC(C)(C)OC(=O)NC1C(=O)C[C@@H](O)c2cc(Br)ccc21. The van der Waals surface area contributed by atoms with Crippen LogP contribution in [0.25, 0.3) is 0 Å². The fourth-order valence-electron chi connectivity index (χ4n) is 2.27. The first-order chi connectivity index (χ1) is 9.67. The van der Waals surface area contributed by atoms with Crippen molar-refractivity contribution in [1.29, 1.82) is 0 Å². The highest BCUT2D eigenvalue weighted by atomic mass is 79.9. The summed E-state index contributed by atoms with van der Waals surface area (Å²) >= 11 is 3.34. The lowest BCUT2D eigenvalue weighted by Gasteiger charge is -2.29. The monoisotopic (exact) mass is 355 g/mol. The highest BCUT2D eigenvalue weighted by Gasteiger charge is 2.34. The minimum atomic E-state index is -0.846. The second kappa shape index (κ2) is 5.77. The lowest BCUT2D eigenvalue weighted by Crippen LogP contribution is -2.40. The minimum absolute atomic E-state index is 0.0239. The molecule has 21 heavy (non-hydrogen) atoms. The van der Waals surface area contributed by atoms with Crippen LogP contribution in [0.5, 0.6) is 0 Å². The number of ketones is 1. The number of benzene rings is 1. The maximum atomic E-state index is 12.1. The summed E-state index contributed by atoms with van der Waals surface area (Å²) in [6.45, 7) is 5.26. The number of hydrogen-bond donors (Lipinski definition) is 2. The van der Waals surface area contributed by atoms with Crippen LogP contribution in [-0.2, 0) is 9.53 Å². The Morgan fingerprint density at radius 2 is 2.05 bits per heavy atom. The van der Waals surface area contributed by atoms with Gasteiger partial charge in [-0.05, 0) is 44.0 Å². The first-order valence-corrected chi connectivity index (χ1v) is 7.46. The number of carbonyl (C=O) groups excluding carboxylic acids is 2. The van der Waals surface area contributed by atoms with Crippen molar-refractivity contribution in [2.45, 2.75) is 44.9 Å². The zero-order valence-electron chi connectivity index (χ0n) is 12.1. The van der Waals surface area contributed by atoms with Crippen molar-refractivity contribution in [3.8, 4) is 0 Å². The fraction of sp³-hybridized carbons (Fsp3) is 0.467. The summed E-state index contributed by atoms with van der Waals surface area (Å²) in [5, 5.41) is 12.6. The number of ether oxygens (including phenoxy) is 1. The van der Waals surface area contributed by atoms with E-state index in [1.807, 2.05) is 0 Å². The van der Waals surface area contributed by atoms with E-state index >= 15 is 0 Å². The number of aliphatic hydroxyl groups is 1. The van der Waals surface area contributed by atoms with Gasteiger partial charge in [0.1, 0.15) is 11.6 Å². The van der Waals surface area contributed by atoms with Gasteiger partial charge < -0.3 is 15.2 Å². The Balaban J connectivity index is 2.26. The average molecular weight is 356 g/mol. The Morgan fingerprint density at radius 1 is 1.38 bits per heavy atom. The first-order valence-electron chi connectivity index (χ1n) is 6.67. The van der Waals surface area contributed by atoms with E-state index in [0.717, 1.165) is 4.47 Å². The Morgan fingerprint density at radius 3 is 2.67 bits per heavy atom. The maximum Gasteiger partial charge on any atom is 0.408 e. The quantitative estimate of drug-likeness (QED) is 0.811. The van der Waals surface area contributed by atoms with E-state index in [1.54, 1.807) is 39.0 Å². The number of halogens is 1. The van der Waals surface area contributed by atoms with Gasteiger partial charge in [0.2, 0.25) is 0 Å². The van der Waals surface area contributed by atoms with Gasteiger partial charge in [-0.2, -0.15) is 0 Å². The van der Waals surface area contributed by atoms with Crippen molar-refractivity contribution in [1.82, 2.24) is 5.32 Å². The summed E-state index contributed by atoms with van der Waals surface area (Å²) in [6.07, 6.45) is -1.52. The molecule has 2 atom stereocenters. The number of rotatable bonds is 1. The van der Waals surface area contributed by atoms with Crippen molar-refractivity contribution in [3.63, 3.8) is 0 Å². The van der Waals surface area contributed by atoms with Crippen LogP contribution in [0.4, 0.5) is 4.79 Å². The Hall–Kier alpha value is -1.40. The molecule has 1 aliphatic rings. The third-order valence-electron chi connectivity index (χ3n) is 3.10. The molecular formula is C15H18BrNO4. The molecular weight excluding hydrogens is 338 g/mol. The lowest BCUT2D eigenvalue weighted by molar-refractivity contribution is -0.124. The number of hydrogen-bond acceptors (Lipinski definition) is 4. The standard InChI is InChI=1S/C15H18BrNO4/c1-15(2,3)21-14(20)17-13-9-5-4-8(16)6-10(9)11(18)7-12(13)19/h4-6,11,13,18H,7H2,1-3H3,(H,17,20)/t11-,13?/m1/s1. The molecule has 0 spiro atoms. The van der Waals surface area contributed by atoms with Crippen LogP contribution in [0.3, 0.4) is 0 Å². The van der Waals surface area contributed by atoms with Gasteiger partial charge in [-0.15, -0.1) is 0 Å². The van der Waals surface area contributed by atoms with Crippen LogP contribution in [0.15, 0.2) is 22.7 Å². The van der Waals surface area contributed by atoms with E-state index in [0.29, 0.717) is 11.1 Å². The van der Waals surface area contributed by atoms with E-state index in [1.165, 1.54) is 0 Å². The number of nitrogens with one attached hydrogen (secondary N) is 1. The third kappa shape index (κ3) is 3.83. The number of fused-ring (bicyclic) bond motifs is 1. The maximum absolute atomic E-state index is 12.1. The minimum Gasteiger partial charge on any atom is -0.444 e. The van der Waals surface area contributed by atoms with E-state index in [4.69, 9.17) is 4.74 Å². The summed E-state index contributed by atoms with van der Waals surface area (Å²) in [4.78, 5) is 24.0. The number of aliphatic hydroxyl groups excluding tert-OH is 1. The second-order valence-corrected chi connectivity index (χ2v) is 6.95. The molecule has 0 bridgehead atoms. The fourth-order valence-corrected chi connectivity index (χ4v) is 2.65. The summed E-state index contributed by atoms with van der Waals surface area (Å²) in [6, 6.07) is 4.47. The molecule has 1 unspecified atom stereocenters. The second-order valence-electron chi connectivity index (χ2n) is 6.04. The van der Waals surface area contributed by atoms with Crippen LogP contribution in [0.2, 0.25) is 0 Å². The van der Waals surface area contributed by atoms with Crippen LogP contribution in [0, 0.1) is 0 Å². The predicted molar refractivity (Wildman–Crippen MR) is 80.8 cm³/mol. The number of Topliss-reactive ketones (excluding diaryl/α,β-unsaturated/α-hetero) is 1. The van der Waals surface area contributed by atoms with Gasteiger partial charge in [-0.1, -0.05) is 22.0 Å². The molecule has 0 saturated carbocycles. The predicted octanol–water partition coefficient (Wildman–Crippen LogP) is 3.02. The number of carbonyl (C=O) groups is 2. The van der Waals surface area contributed by atoms with Crippen molar-refractivity contribution in [2.75, 3.05) is 0 Å². The average Bonchev–Trinajstić information content (AvgIpc) is 2.32. The zero-order chi connectivity index (χ0) is 15.8. The molecule has 2 rings (SSSR count). The molecule has 114 valence electrons. The normalized spacial score (nSPS) is 21.7. The Kier molecular flexibility index (Phi) is 4.39.